The van der Waals surface area contributed by atoms with Crippen molar-refractivity contribution in [1.82, 2.24) is 9.47 Å². The van der Waals surface area contributed by atoms with Crippen LogP contribution in [-0.4, -0.2) is 40.9 Å². The number of hydrogen-bond acceptors (Lipinski definition) is 4. The summed E-state index contributed by atoms with van der Waals surface area (Å²) < 4.78 is 7.10. The highest BCUT2D eigenvalue weighted by atomic mass is 35.5. The zero-order valence-electron chi connectivity index (χ0n) is 15.8. The van der Waals surface area contributed by atoms with Crippen molar-refractivity contribution in [2.75, 3.05) is 20.3 Å². The maximum absolute atomic E-state index is 12.6. The van der Waals surface area contributed by atoms with E-state index < -0.39 is 0 Å². The predicted molar refractivity (Wildman–Crippen MR) is 117 cm³/mol. The molecule has 0 atom stereocenters. The molecule has 29 heavy (non-hydrogen) atoms. The molecule has 2 heterocycles. The Balaban J connectivity index is 1.70. The number of carbonyl (C=O) groups excluding carboxylic acids is 2. The number of fused-ring (bicyclic) bond motifs is 1. The van der Waals surface area contributed by atoms with Crippen molar-refractivity contribution in [2.45, 2.75) is 6.54 Å². The van der Waals surface area contributed by atoms with Crippen molar-refractivity contribution in [3.8, 4) is 0 Å². The zero-order chi connectivity index (χ0) is 20.4. The molecule has 0 N–H and O–H groups in total. The summed E-state index contributed by atoms with van der Waals surface area (Å²) in [6.07, 6.45) is 3.79. The summed E-state index contributed by atoms with van der Waals surface area (Å²) >= 11 is 7.30. The highest BCUT2D eigenvalue weighted by molar-refractivity contribution is 8.18. The first kappa shape index (κ1) is 19.8. The van der Waals surface area contributed by atoms with E-state index in [1.807, 2.05) is 54.7 Å². The van der Waals surface area contributed by atoms with Crippen LogP contribution in [0.3, 0.4) is 0 Å². The van der Waals surface area contributed by atoms with Gasteiger partial charge in [-0.1, -0.05) is 48.0 Å². The second-order valence-corrected chi connectivity index (χ2v) is 8.05. The normalized spacial score (nSPS) is 15.8. The number of amides is 2. The maximum atomic E-state index is 12.6. The minimum absolute atomic E-state index is 0.257. The number of methoxy groups -OCH3 is 1. The van der Waals surface area contributed by atoms with E-state index in [0.717, 1.165) is 33.8 Å². The number of aromatic nitrogens is 1. The Hall–Kier alpha value is -2.54. The Morgan fingerprint density at radius 3 is 2.66 bits per heavy atom. The molecule has 1 aliphatic rings. The lowest BCUT2D eigenvalue weighted by atomic mass is 10.1. The van der Waals surface area contributed by atoms with Crippen molar-refractivity contribution < 1.29 is 14.3 Å². The molecule has 0 bridgehead atoms. The van der Waals surface area contributed by atoms with Crippen LogP contribution in [0, 0.1) is 0 Å². The summed E-state index contributed by atoms with van der Waals surface area (Å²) in [5.74, 6) is -0.278. The third-order valence-electron chi connectivity index (χ3n) is 4.80. The number of thioether (sulfide) groups is 1. The van der Waals surface area contributed by atoms with Gasteiger partial charge in [0.1, 0.15) is 0 Å². The number of carbonyl (C=O) groups is 2. The summed E-state index contributed by atoms with van der Waals surface area (Å²) in [5.41, 5.74) is 2.95. The number of ether oxygens (including phenoxy) is 1. The monoisotopic (exact) mass is 426 g/mol. The summed E-state index contributed by atoms with van der Waals surface area (Å²) in [5, 5.41) is 1.47. The number of benzene rings is 2. The Kier molecular flexibility index (Phi) is 5.76. The van der Waals surface area contributed by atoms with Gasteiger partial charge in [-0.15, -0.1) is 0 Å². The first-order valence-corrected chi connectivity index (χ1v) is 10.3. The van der Waals surface area contributed by atoms with E-state index in [1.165, 1.54) is 4.90 Å². The molecule has 0 saturated carbocycles. The molecule has 148 valence electrons. The molecular weight excluding hydrogens is 408 g/mol. The molecule has 0 unspecified atom stereocenters. The quantitative estimate of drug-likeness (QED) is 0.519. The number of halogens is 1. The van der Waals surface area contributed by atoms with E-state index in [0.29, 0.717) is 23.1 Å². The van der Waals surface area contributed by atoms with Gasteiger partial charge in [-0.25, -0.2) is 0 Å². The molecule has 1 saturated heterocycles. The van der Waals surface area contributed by atoms with Gasteiger partial charge in [0.15, 0.2) is 0 Å². The number of para-hydroxylation sites is 1. The highest BCUT2D eigenvalue weighted by Gasteiger charge is 2.34. The maximum Gasteiger partial charge on any atom is 0.293 e. The van der Waals surface area contributed by atoms with E-state index in [2.05, 4.69) is 4.57 Å². The summed E-state index contributed by atoms with van der Waals surface area (Å²) in [6.45, 7) is 1.19. The van der Waals surface area contributed by atoms with Crippen LogP contribution in [-0.2, 0) is 16.1 Å². The molecule has 7 heteroatoms. The minimum atomic E-state index is -0.278. The molecule has 0 spiro atoms. The molecule has 3 aromatic rings. The van der Waals surface area contributed by atoms with Gasteiger partial charge in [0.25, 0.3) is 11.1 Å². The SMILES string of the molecule is COCCN1C(=O)S/C(=C/c2cn(Cc3ccccc3Cl)c3ccccc23)C1=O. The summed E-state index contributed by atoms with van der Waals surface area (Å²) in [6, 6.07) is 15.7. The summed E-state index contributed by atoms with van der Waals surface area (Å²) in [7, 11) is 1.54. The molecule has 1 aromatic heterocycles. The molecule has 1 fully saturated rings. The number of imide groups is 1. The molecule has 5 nitrogen and oxygen atoms in total. The Morgan fingerprint density at radius 1 is 1.10 bits per heavy atom. The van der Waals surface area contributed by atoms with Crippen LogP contribution in [0.4, 0.5) is 4.79 Å². The van der Waals surface area contributed by atoms with E-state index in [1.54, 1.807) is 13.2 Å². The second-order valence-electron chi connectivity index (χ2n) is 6.65. The average Bonchev–Trinajstić information content (AvgIpc) is 3.20. The number of rotatable bonds is 6. The van der Waals surface area contributed by atoms with Gasteiger partial charge in [-0.2, -0.15) is 0 Å². The number of nitrogens with zero attached hydrogens (tertiary/aromatic N) is 2. The van der Waals surface area contributed by atoms with E-state index in [9.17, 15) is 9.59 Å². The number of hydrogen-bond donors (Lipinski definition) is 0. The zero-order valence-corrected chi connectivity index (χ0v) is 17.4. The fourth-order valence-corrected chi connectivity index (χ4v) is 4.40. The van der Waals surface area contributed by atoms with Crippen molar-refractivity contribution in [3.05, 3.63) is 75.8 Å². The van der Waals surface area contributed by atoms with Crippen molar-refractivity contribution in [2.24, 2.45) is 0 Å². The van der Waals surface area contributed by atoms with E-state index >= 15 is 0 Å². The van der Waals surface area contributed by atoms with Crippen LogP contribution in [0.15, 0.2) is 59.6 Å². The van der Waals surface area contributed by atoms with Crippen molar-refractivity contribution >= 4 is 51.5 Å². The van der Waals surface area contributed by atoms with Gasteiger partial charge >= 0.3 is 0 Å². The fraction of sp³-hybridized carbons (Fsp3) is 0.182. The van der Waals surface area contributed by atoms with Crippen LogP contribution < -0.4 is 0 Å². The van der Waals surface area contributed by atoms with Crippen LogP contribution in [0.2, 0.25) is 5.02 Å². The van der Waals surface area contributed by atoms with E-state index in [4.69, 9.17) is 16.3 Å². The van der Waals surface area contributed by atoms with Crippen LogP contribution in [0.1, 0.15) is 11.1 Å². The molecule has 2 aromatic carbocycles. The molecule has 1 aliphatic heterocycles. The standard InChI is InChI=1S/C22H19ClN2O3S/c1-28-11-10-25-21(26)20(29-22(25)27)12-16-14-24(19-9-5-3-7-17(16)19)13-15-6-2-4-8-18(15)23/h2-9,12,14H,10-11,13H2,1H3/b20-12+. The van der Waals surface area contributed by atoms with Crippen LogP contribution >= 0.6 is 23.4 Å². The van der Waals surface area contributed by atoms with Gasteiger partial charge < -0.3 is 9.30 Å². The first-order valence-electron chi connectivity index (χ1n) is 9.14. The predicted octanol–water partition coefficient (Wildman–Crippen LogP) is 5.03. The third kappa shape index (κ3) is 3.96. The van der Waals surface area contributed by atoms with Crippen LogP contribution in [0.25, 0.3) is 17.0 Å². The van der Waals surface area contributed by atoms with Gasteiger partial charge in [-0.3, -0.25) is 14.5 Å². The molecule has 0 aliphatic carbocycles. The lowest BCUT2D eigenvalue weighted by Gasteiger charge is -2.10. The minimum Gasteiger partial charge on any atom is -0.383 e. The second kappa shape index (κ2) is 8.45. The Bertz CT molecular complexity index is 1120. The van der Waals surface area contributed by atoms with E-state index in [-0.39, 0.29) is 17.7 Å². The lowest BCUT2D eigenvalue weighted by Crippen LogP contribution is -2.31. The average molecular weight is 427 g/mol. The molecule has 4 rings (SSSR count). The van der Waals surface area contributed by atoms with Crippen molar-refractivity contribution in [1.29, 1.82) is 0 Å². The Morgan fingerprint density at radius 2 is 1.86 bits per heavy atom. The van der Waals surface area contributed by atoms with Crippen molar-refractivity contribution in [3.63, 3.8) is 0 Å². The Labute approximate surface area is 177 Å². The van der Waals surface area contributed by atoms with Crippen LogP contribution in [0.5, 0.6) is 0 Å². The lowest BCUT2D eigenvalue weighted by molar-refractivity contribution is -0.123. The molecular formula is C22H19ClN2O3S. The summed E-state index contributed by atoms with van der Waals surface area (Å²) in [4.78, 5) is 26.5. The largest absolute Gasteiger partial charge is 0.383 e. The van der Waals surface area contributed by atoms with Gasteiger partial charge in [0.2, 0.25) is 0 Å². The first-order chi connectivity index (χ1) is 14.1. The van der Waals surface area contributed by atoms with Gasteiger partial charge in [0, 0.05) is 41.3 Å². The molecule has 0 radical (unpaired) electrons. The highest BCUT2D eigenvalue weighted by Crippen LogP contribution is 2.34. The molecule has 2 amide bonds. The van der Waals surface area contributed by atoms with Gasteiger partial charge in [-0.05, 0) is 35.5 Å². The fourth-order valence-electron chi connectivity index (χ4n) is 3.35. The topological polar surface area (TPSA) is 51.5 Å². The smallest absolute Gasteiger partial charge is 0.293 e. The van der Waals surface area contributed by atoms with Gasteiger partial charge in [0.05, 0.1) is 18.1 Å². The third-order valence-corrected chi connectivity index (χ3v) is 6.07.